The minimum absolute atomic E-state index is 0.0251. The van der Waals surface area contributed by atoms with E-state index in [0.29, 0.717) is 17.3 Å². The van der Waals surface area contributed by atoms with Gasteiger partial charge >= 0.3 is 24.3 Å². The van der Waals surface area contributed by atoms with Gasteiger partial charge in [-0.2, -0.15) is 26.3 Å². The molecule has 0 unspecified atom stereocenters. The first-order valence-corrected chi connectivity index (χ1v) is 16.5. The van der Waals surface area contributed by atoms with Gasteiger partial charge in [-0.15, -0.1) is 11.8 Å². The fourth-order valence-corrected chi connectivity index (χ4v) is 10.3. The number of phenolic OH excluding ortho intramolecular Hbond substituents is 1. The third-order valence-corrected chi connectivity index (χ3v) is 11.9. The third-order valence-electron chi connectivity index (χ3n) is 9.11. The second kappa shape index (κ2) is 12.3. The number of aromatic hydroxyl groups is 1. The molecule has 0 radical (unpaired) electrons. The molecule has 0 saturated carbocycles. The number of halogens is 6. The van der Waals surface area contributed by atoms with Crippen LogP contribution in [-0.4, -0.2) is 96.4 Å². The number of aryl methyl sites for hydroxylation is 1. The number of nitrogens with two attached hydrogens (primary N) is 1. The second-order valence-corrected chi connectivity index (χ2v) is 14.4. The number of carboxylic acid groups (broad SMARTS) is 3. The van der Waals surface area contributed by atoms with E-state index >= 15 is 0 Å². The molecular formula is C29H24F6N6O8S2. The molecule has 5 atom stereocenters. The number of nitrogens with zero attached hydrogens (tertiary/aromatic N) is 4. The first-order chi connectivity index (χ1) is 23.7. The molecule has 1 aromatic heterocycles. The molecule has 1 aromatic carbocycles. The molecule has 1 saturated heterocycles. The number of fused-ring (bicyclic) bond motifs is 3. The molecule has 6 N–H and O–H groups in total. The van der Waals surface area contributed by atoms with Crippen molar-refractivity contribution in [1.82, 2.24) is 14.1 Å². The minimum Gasteiger partial charge on any atom is -0.542 e. The van der Waals surface area contributed by atoms with Crippen molar-refractivity contribution in [2.24, 2.45) is 17.8 Å². The highest BCUT2D eigenvalue weighted by Crippen LogP contribution is 2.65. The summed E-state index contributed by atoms with van der Waals surface area (Å²) in [6.07, 6.45) is -3.23. The zero-order chi connectivity index (χ0) is 37.5. The summed E-state index contributed by atoms with van der Waals surface area (Å²) in [6.45, 7) is 0.688. The van der Waals surface area contributed by atoms with Gasteiger partial charge in [-0.25, -0.2) is 14.4 Å². The van der Waals surface area contributed by atoms with Crippen LogP contribution in [0.2, 0.25) is 0 Å². The Kier molecular flexibility index (Phi) is 8.73. The standard InChI is InChI=1S/C25H22N6O4S2.2C2HF3O2/c1-30-8-28-23(11(30)4-10(26)24(34)35)37-22-19-12(32)5-13-25(22)6-14(36-13)29-18-16(25)20-15-9(2-3-31(19)20)7-27-17(15)21(18)33;2*3-2(4,5)1(6)7/h5,7-8,10,14,19,22H,2-4,6,26H2,1H3,(H2,27,29,33,34,35);2*(H,6,7)/t10-,14+,19-,22+,25-;;/m0../s1. The van der Waals surface area contributed by atoms with Gasteiger partial charge in [0.2, 0.25) is 17.2 Å². The number of rotatable bonds is 5. The monoisotopic (exact) mass is 762 g/mol. The Morgan fingerprint density at radius 3 is 2.47 bits per heavy atom. The maximum absolute atomic E-state index is 13.8. The fraction of sp³-hybridized carbons (Fsp3) is 0.414. The molecule has 2 aromatic rings. The molecule has 6 aliphatic rings. The van der Waals surface area contributed by atoms with Gasteiger partial charge in [0.15, 0.2) is 5.75 Å². The van der Waals surface area contributed by atoms with Crippen LogP contribution in [0.1, 0.15) is 24.1 Å². The van der Waals surface area contributed by atoms with Crippen LogP contribution in [0.25, 0.3) is 5.57 Å². The summed E-state index contributed by atoms with van der Waals surface area (Å²) in [5, 5.41) is 42.8. The van der Waals surface area contributed by atoms with Gasteiger partial charge in [-0.1, -0.05) is 11.8 Å². The lowest BCUT2D eigenvalue weighted by atomic mass is 9.64. The number of carboxylic acids is 3. The highest BCUT2D eigenvalue weighted by Gasteiger charge is 2.67. The molecule has 5 aliphatic heterocycles. The molecule has 14 nitrogen and oxygen atoms in total. The van der Waals surface area contributed by atoms with E-state index < -0.39 is 47.8 Å². The highest BCUT2D eigenvalue weighted by atomic mass is 32.2. The Bertz CT molecular complexity index is 2090. The number of benzene rings is 1. The average Bonchev–Trinajstić information content (AvgIpc) is 3.69. The number of thioether (sulfide) groups is 2. The zero-order valence-corrected chi connectivity index (χ0v) is 27.3. The van der Waals surface area contributed by atoms with Crippen molar-refractivity contribution in [2.45, 2.75) is 64.8 Å². The molecule has 1 fully saturated rings. The number of imidazole rings is 1. The number of carbonyl (C=O) groups is 4. The van der Waals surface area contributed by atoms with Crippen molar-refractivity contribution in [1.29, 1.82) is 0 Å². The number of hydrogen-bond acceptors (Lipinski definition) is 12. The van der Waals surface area contributed by atoms with Gasteiger partial charge in [0.25, 0.3) is 0 Å². The van der Waals surface area contributed by atoms with Gasteiger partial charge in [0, 0.05) is 31.0 Å². The number of ketones is 1. The molecule has 8 rings (SSSR count). The van der Waals surface area contributed by atoms with E-state index in [1.807, 2.05) is 23.9 Å². The van der Waals surface area contributed by atoms with Gasteiger partial charge in [-0.05, 0) is 18.1 Å². The van der Waals surface area contributed by atoms with Gasteiger partial charge < -0.3 is 40.8 Å². The van der Waals surface area contributed by atoms with E-state index in [4.69, 9.17) is 25.5 Å². The smallest absolute Gasteiger partial charge is 0.490 e. The second-order valence-electron chi connectivity index (χ2n) is 12.1. The van der Waals surface area contributed by atoms with E-state index in [1.54, 1.807) is 29.9 Å². The van der Waals surface area contributed by atoms with Gasteiger partial charge in [0.05, 0.1) is 44.5 Å². The van der Waals surface area contributed by atoms with Gasteiger partial charge in [0.1, 0.15) is 29.3 Å². The number of alkyl halides is 6. The van der Waals surface area contributed by atoms with Crippen molar-refractivity contribution < 1.29 is 65.9 Å². The number of hydrogen-bond donors (Lipinski definition) is 5. The summed E-state index contributed by atoms with van der Waals surface area (Å²) in [5.74, 6) is -6.57. The van der Waals surface area contributed by atoms with Crippen LogP contribution in [0.3, 0.4) is 0 Å². The molecule has 272 valence electrons. The number of aromatic nitrogens is 2. The predicted octanol–water partition coefficient (Wildman–Crippen LogP) is -0.0906. The summed E-state index contributed by atoms with van der Waals surface area (Å²) < 4.78 is 67.3. The summed E-state index contributed by atoms with van der Waals surface area (Å²) in [5.41, 5.74) is 9.67. The lowest BCUT2D eigenvalue weighted by Crippen LogP contribution is -2.69. The molecule has 6 heterocycles. The number of anilines is 1. The van der Waals surface area contributed by atoms with E-state index in [2.05, 4.69) is 19.9 Å². The Labute approximate surface area is 289 Å². The lowest BCUT2D eigenvalue weighted by molar-refractivity contribution is -0.344. The van der Waals surface area contributed by atoms with Crippen molar-refractivity contribution in [3.05, 3.63) is 39.1 Å². The van der Waals surface area contributed by atoms with Crippen LogP contribution in [0, 0.1) is 0 Å². The maximum Gasteiger partial charge on any atom is 0.490 e. The summed E-state index contributed by atoms with van der Waals surface area (Å²) >= 11 is 3.22. The minimum atomic E-state index is -5.19. The molecule has 3 bridgehead atoms. The number of allylic oxidation sites excluding steroid dienone is 1. The van der Waals surface area contributed by atoms with Crippen LogP contribution in [0.15, 0.2) is 27.3 Å². The van der Waals surface area contributed by atoms with Crippen LogP contribution >= 0.6 is 23.5 Å². The van der Waals surface area contributed by atoms with Gasteiger partial charge in [-0.3, -0.25) is 14.6 Å². The van der Waals surface area contributed by atoms with Crippen LogP contribution in [0.5, 0.6) is 5.75 Å². The zero-order valence-electron chi connectivity index (χ0n) is 25.7. The quantitative estimate of drug-likeness (QED) is 0.153. The summed E-state index contributed by atoms with van der Waals surface area (Å²) in [7, 11) is 1.84. The number of nitrogens with one attached hydrogen (secondary N) is 1. The van der Waals surface area contributed by atoms with Crippen molar-refractivity contribution in [3.8, 4) is 5.75 Å². The first kappa shape index (κ1) is 36.2. The fourth-order valence-electron chi connectivity index (χ4n) is 7.05. The lowest BCUT2D eigenvalue weighted by Gasteiger charge is -2.47. The van der Waals surface area contributed by atoms with Crippen molar-refractivity contribution in [3.63, 3.8) is 0 Å². The Hall–Kier alpha value is -4.57. The topological polar surface area (TPSA) is 223 Å². The molecule has 51 heavy (non-hydrogen) atoms. The van der Waals surface area contributed by atoms with E-state index in [1.165, 1.54) is 0 Å². The summed E-state index contributed by atoms with van der Waals surface area (Å²) in [6, 6.07) is -1.45. The molecule has 1 aliphatic carbocycles. The number of aliphatic imine (C=N–C) groups is 1. The largest absolute Gasteiger partial charge is 0.542 e. The molecule has 22 heteroatoms. The van der Waals surface area contributed by atoms with Crippen molar-refractivity contribution in [2.75, 3.05) is 11.9 Å². The van der Waals surface area contributed by atoms with Crippen molar-refractivity contribution >= 4 is 70.4 Å². The van der Waals surface area contributed by atoms with Crippen LogP contribution in [0.4, 0.5) is 37.7 Å². The predicted molar refractivity (Wildman–Crippen MR) is 165 cm³/mol. The molecule has 0 amide bonds. The van der Waals surface area contributed by atoms with E-state index in [-0.39, 0.29) is 28.6 Å². The Morgan fingerprint density at radius 1 is 1.24 bits per heavy atom. The number of aliphatic carboxylic acids is 3. The molecule has 1 spiro atoms. The van der Waals surface area contributed by atoms with Crippen LogP contribution in [-0.2, 0) is 38.1 Å². The SMILES string of the molecule is Cn1cnc(S[C@@H]2[C@@H]3C(=O)C=C4S[C@@H]5C[C@@]42c2c(c(O)c4c6c2=[N+]3CCC=6C=N4)N5)c1C[C@H](N)C(=O)O.O=C(O)C(F)(F)F.O=C([O-])C(F)(F)F. The normalized spacial score (nSPS) is 24.8. The third kappa shape index (κ3) is 5.81. The molecular weight excluding hydrogens is 738 g/mol. The Balaban J connectivity index is 0.000000273. The number of phenols is 1. The highest BCUT2D eigenvalue weighted by molar-refractivity contribution is 8.04. The number of carbonyl (C=O) groups excluding carboxylic acids is 2. The van der Waals surface area contributed by atoms with E-state index in [0.717, 1.165) is 50.8 Å². The first-order valence-electron chi connectivity index (χ1n) is 14.7. The Morgan fingerprint density at radius 2 is 1.88 bits per heavy atom. The van der Waals surface area contributed by atoms with E-state index in [9.17, 15) is 46.1 Å². The maximum atomic E-state index is 13.8. The van der Waals surface area contributed by atoms with Crippen LogP contribution < -0.4 is 31.3 Å². The average molecular weight is 763 g/mol. The summed E-state index contributed by atoms with van der Waals surface area (Å²) in [4.78, 5) is 53.3.